The molecule has 0 aromatic carbocycles. The minimum Gasteiger partial charge on any atom is -0.460 e. The van der Waals surface area contributed by atoms with Gasteiger partial charge in [-0.2, -0.15) is 0 Å². The summed E-state index contributed by atoms with van der Waals surface area (Å²) in [5.41, 5.74) is 0.860. The topological polar surface area (TPSA) is 72.8 Å². The summed E-state index contributed by atoms with van der Waals surface area (Å²) < 4.78 is 10.2. The molecule has 154 valence electrons. The molecule has 0 spiro atoms. The van der Waals surface area contributed by atoms with Crippen molar-refractivity contribution in [2.75, 3.05) is 0 Å². The van der Waals surface area contributed by atoms with Crippen LogP contribution in [0.2, 0.25) is 0 Å². The van der Waals surface area contributed by atoms with Gasteiger partial charge in [0.15, 0.2) is 0 Å². The molecule has 2 aliphatic rings. The van der Waals surface area contributed by atoms with Crippen LogP contribution < -0.4 is 0 Å². The molecule has 2 aliphatic heterocycles. The zero-order valence-corrected chi connectivity index (χ0v) is 16.8. The summed E-state index contributed by atoms with van der Waals surface area (Å²) in [7, 11) is 0. The van der Waals surface area contributed by atoms with Gasteiger partial charge in [0.1, 0.15) is 12.2 Å². The maximum Gasteiger partial charge on any atom is 0.334 e. The van der Waals surface area contributed by atoms with E-state index in [0.29, 0.717) is 12.8 Å². The smallest absolute Gasteiger partial charge is 0.334 e. The fraction of sp³-hybridized carbons (Fsp3) is 0.818. The third-order valence-electron chi connectivity index (χ3n) is 5.53. The molecule has 0 unspecified atom stereocenters. The van der Waals surface area contributed by atoms with Crippen LogP contribution in [0.15, 0.2) is 11.6 Å². The third-order valence-corrected chi connectivity index (χ3v) is 5.53. The van der Waals surface area contributed by atoms with Crippen molar-refractivity contribution in [3.05, 3.63) is 11.6 Å². The lowest BCUT2D eigenvalue weighted by Gasteiger charge is -2.16. The highest BCUT2D eigenvalue weighted by molar-refractivity contribution is 5.90. The number of esters is 2. The number of hydrogen-bond acceptors (Lipinski definition) is 5. The standard InChI is InChI=1S/C22H36O5/c1-17-16-18(22(25)26-17)12-10-8-6-4-2-3-5-7-9-11-13-19(23)20-14-15-21(24)27-20/h16-17,19-20,23H,2-15H2,1H3/t17-,19+,20+/m0/s1. The minimum absolute atomic E-state index is 0.0454. The fourth-order valence-electron chi connectivity index (χ4n) is 3.90. The second-order valence-corrected chi connectivity index (χ2v) is 8.01. The van der Waals surface area contributed by atoms with E-state index in [4.69, 9.17) is 9.47 Å². The van der Waals surface area contributed by atoms with Crippen molar-refractivity contribution in [3.8, 4) is 0 Å². The Morgan fingerprint density at radius 2 is 1.56 bits per heavy atom. The van der Waals surface area contributed by atoms with E-state index in [1.807, 2.05) is 13.0 Å². The maximum absolute atomic E-state index is 11.5. The molecule has 5 nitrogen and oxygen atoms in total. The molecule has 1 N–H and O–H groups in total. The van der Waals surface area contributed by atoms with Crippen molar-refractivity contribution in [3.63, 3.8) is 0 Å². The van der Waals surface area contributed by atoms with Crippen LogP contribution in [0.25, 0.3) is 0 Å². The van der Waals surface area contributed by atoms with Crippen molar-refractivity contribution < 1.29 is 24.2 Å². The number of cyclic esters (lactones) is 2. The monoisotopic (exact) mass is 380 g/mol. The number of carbonyl (C=O) groups is 2. The molecule has 1 fully saturated rings. The molecular formula is C22H36O5. The van der Waals surface area contributed by atoms with Gasteiger partial charge in [-0.15, -0.1) is 0 Å². The van der Waals surface area contributed by atoms with E-state index >= 15 is 0 Å². The van der Waals surface area contributed by atoms with Crippen molar-refractivity contribution >= 4 is 11.9 Å². The molecule has 3 atom stereocenters. The Labute approximate surface area is 163 Å². The van der Waals surface area contributed by atoms with E-state index in [-0.39, 0.29) is 24.1 Å². The highest BCUT2D eigenvalue weighted by atomic mass is 16.6. The molecule has 2 heterocycles. The van der Waals surface area contributed by atoms with E-state index in [1.165, 1.54) is 44.9 Å². The van der Waals surface area contributed by atoms with Crippen LogP contribution in [0, 0.1) is 0 Å². The number of carbonyl (C=O) groups excluding carboxylic acids is 2. The van der Waals surface area contributed by atoms with Gasteiger partial charge in [0, 0.05) is 12.0 Å². The quantitative estimate of drug-likeness (QED) is 0.352. The van der Waals surface area contributed by atoms with Gasteiger partial charge in [-0.05, 0) is 38.7 Å². The summed E-state index contributed by atoms with van der Waals surface area (Å²) in [6.45, 7) is 1.90. The lowest BCUT2D eigenvalue weighted by Crippen LogP contribution is -2.25. The van der Waals surface area contributed by atoms with Crippen LogP contribution in [0.5, 0.6) is 0 Å². The van der Waals surface area contributed by atoms with Crippen molar-refractivity contribution in [1.82, 2.24) is 0 Å². The number of ether oxygens (including phenoxy) is 2. The molecule has 27 heavy (non-hydrogen) atoms. The second kappa shape index (κ2) is 12.2. The first-order chi connectivity index (χ1) is 13.1. The Kier molecular flexibility index (Phi) is 9.89. The average Bonchev–Trinajstić information content (AvgIpc) is 3.20. The van der Waals surface area contributed by atoms with Crippen molar-refractivity contribution in [1.29, 1.82) is 0 Å². The van der Waals surface area contributed by atoms with Gasteiger partial charge >= 0.3 is 11.9 Å². The summed E-state index contributed by atoms with van der Waals surface area (Å²) in [6, 6.07) is 0. The van der Waals surface area contributed by atoms with Crippen molar-refractivity contribution in [2.24, 2.45) is 0 Å². The summed E-state index contributed by atoms with van der Waals surface area (Å²) in [4.78, 5) is 22.5. The van der Waals surface area contributed by atoms with E-state index in [1.54, 1.807) is 0 Å². The Balaban J connectivity index is 1.32. The first-order valence-corrected chi connectivity index (χ1v) is 10.9. The number of aliphatic hydroxyl groups excluding tert-OH is 1. The molecule has 0 bridgehead atoms. The average molecular weight is 381 g/mol. The molecule has 0 aromatic heterocycles. The lowest BCUT2D eigenvalue weighted by molar-refractivity contribution is -0.145. The van der Waals surface area contributed by atoms with Gasteiger partial charge in [0.25, 0.3) is 0 Å². The Morgan fingerprint density at radius 1 is 0.963 bits per heavy atom. The van der Waals surface area contributed by atoms with Gasteiger partial charge in [0.05, 0.1) is 6.10 Å². The van der Waals surface area contributed by atoms with Gasteiger partial charge in [-0.3, -0.25) is 4.79 Å². The molecule has 1 saturated heterocycles. The SMILES string of the molecule is C[C@H]1C=C(CCCCCCCCCCCC[C@@H](O)[C@H]2CCC(=O)O2)C(=O)O1. The second-order valence-electron chi connectivity index (χ2n) is 8.01. The van der Waals surface area contributed by atoms with Crippen LogP contribution >= 0.6 is 0 Å². The molecule has 0 saturated carbocycles. The van der Waals surface area contributed by atoms with Gasteiger partial charge in [0.2, 0.25) is 0 Å². The van der Waals surface area contributed by atoms with Crippen LogP contribution in [-0.4, -0.2) is 35.4 Å². The van der Waals surface area contributed by atoms with Crippen LogP contribution in [0.1, 0.15) is 96.8 Å². The fourth-order valence-corrected chi connectivity index (χ4v) is 3.90. The largest absolute Gasteiger partial charge is 0.460 e. The molecule has 2 rings (SSSR count). The Morgan fingerprint density at radius 3 is 2.07 bits per heavy atom. The first kappa shape index (κ1) is 21.9. The minimum atomic E-state index is -0.485. The number of aliphatic hydroxyl groups is 1. The highest BCUT2D eigenvalue weighted by Gasteiger charge is 2.29. The molecule has 0 radical (unpaired) electrons. The number of hydrogen-bond donors (Lipinski definition) is 1. The Bertz CT molecular complexity index is 499. The summed E-state index contributed by atoms with van der Waals surface area (Å²) in [5, 5.41) is 10.0. The predicted molar refractivity (Wildman–Crippen MR) is 104 cm³/mol. The molecule has 0 aromatic rings. The van der Waals surface area contributed by atoms with Gasteiger partial charge in [-0.25, -0.2) is 4.79 Å². The van der Waals surface area contributed by atoms with E-state index in [0.717, 1.165) is 37.7 Å². The molecule has 5 heteroatoms. The first-order valence-electron chi connectivity index (χ1n) is 10.9. The number of rotatable bonds is 14. The normalized spacial score (nSPS) is 23.3. The highest BCUT2D eigenvalue weighted by Crippen LogP contribution is 2.22. The number of unbranched alkanes of at least 4 members (excludes halogenated alkanes) is 9. The third kappa shape index (κ3) is 8.46. The predicted octanol–water partition coefficient (Wildman–Crippen LogP) is 4.61. The van der Waals surface area contributed by atoms with E-state index < -0.39 is 6.10 Å². The van der Waals surface area contributed by atoms with E-state index in [9.17, 15) is 14.7 Å². The zero-order chi connectivity index (χ0) is 19.5. The zero-order valence-electron chi connectivity index (χ0n) is 16.8. The Hall–Kier alpha value is -1.36. The molecule has 0 amide bonds. The summed E-state index contributed by atoms with van der Waals surface area (Å²) in [5.74, 6) is -0.300. The van der Waals surface area contributed by atoms with Crippen LogP contribution in [-0.2, 0) is 19.1 Å². The van der Waals surface area contributed by atoms with Crippen LogP contribution in [0.3, 0.4) is 0 Å². The van der Waals surface area contributed by atoms with Crippen molar-refractivity contribution in [2.45, 2.75) is 115 Å². The summed E-state index contributed by atoms with van der Waals surface area (Å²) >= 11 is 0. The van der Waals surface area contributed by atoms with E-state index in [2.05, 4.69) is 0 Å². The van der Waals surface area contributed by atoms with Gasteiger partial charge < -0.3 is 14.6 Å². The molecular weight excluding hydrogens is 344 g/mol. The lowest BCUT2D eigenvalue weighted by atomic mass is 10.0. The summed E-state index contributed by atoms with van der Waals surface area (Å²) in [6.07, 6.45) is 15.8. The molecule has 0 aliphatic carbocycles. The van der Waals surface area contributed by atoms with Crippen LogP contribution in [0.4, 0.5) is 0 Å². The van der Waals surface area contributed by atoms with Gasteiger partial charge in [-0.1, -0.05) is 57.8 Å². The maximum atomic E-state index is 11.5.